The third-order valence-electron chi connectivity index (χ3n) is 3.30. The lowest BCUT2D eigenvalue weighted by molar-refractivity contribution is -0.160. The van der Waals surface area contributed by atoms with Crippen LogP contribution in [0.15, 0.2) is 12.1 Å². The standard InChI is InChI=1S/C14H15Cl2NO5/c1-7-5-17(6-12(22-7)14(19)20)13(18)8-3-9(15)10(16)4-11(8)21-2/h3-4,7,12H,5-6H2,1-2H3,(H,19,20)/t7-,12?/m1/s1. The Morgan fingerprint density at radius 2 is 1.95 bits per heavy atom. The van der Waals surface area contributed by atoms with E-state index in [0.717, 1.165) is 0 Å². The quantitative estimate of drug-likeness (QED) is 0.907. The van der Waals surface area contributed by atoms with Gasteiger partial charge in [0.25, 0.3) is 5.91 Å². The van der Waals surface area contributed by atoms with Crippen LogP contribution < -0.4 is 4.74 Å². The van der Waals surface area contributed by atoms with Gasteiger partial charge < -0.3 is 19.5 Å². The minimum atomic E-state index is -1.11. The number of carboxylic acids is 1. The lowest BCUT2D eigenvalue weighted by Crippen LogP contribution is -2.51. The highest BCUT2D eigenvalue weighted by atomic mass is 35.5. The van der Waals surface area contributed by atoms with E-state index in [0.29, 0.717) is 0 Å². The van der Waals surface area contributed by atoms with Crippen molar-refractivity contribution in [2.24, 2.45) is 0 Å². The molecule has 1 amide bonds. The summed E-state index contributed by atoms with van der Waals surface area (Å²) in [5.41, 5.74) is 0.232. The summed E-state index contributed by atoms with van der Waals surface area (Å²) >= 11 is 11.9. The highest BCUT2D eigenvalue weighted by Gasteiger charge is 2.34. The minimum absolute atomic E-state index is 0.0398. The van der Waals surface area contributed by atoms with Crippen molar-refractivity contribution in [1.82, 2.24) is 4.90 Å². The number of halogens is 2. The molecule has 1 unspecified atom stereocenters. The van der Waals surface area contributed by atoms with Gasteiger partial charge >= 0.3 is 5.97 Å². The maximum Gasteiger partial charge on any atom is 0.334 e. The number of nitrogens with zero attached hydrogens (tertiary/aromatic N) is 1. The summed E-state index contributed by atoms with van der Waals surface area (Å²) in [4.78, 5) is 25.2. The van der Waals surface area contributed by atoms with E-state index in [9.17, 15) is 9.59 Å². The third-order valence-corrected chi connectivity index (χ3v) is 4.02. The number of carbonyl (C=O) groups excluding carboxylic acids is 1. The zero-order valence-corrected chi connectivity index (χ0v) is 13.5. The average Bonchev–Trinajstić information content (AvgIpc) is 2.48. The van der Waals surface area contributed by atoms with Crippen molar-refractivity contribution in [1.29, 1.82) is 0 Å². The first kappa shape index (κ1) is 16.9. The van der Waals surface area contributed by atoms with Crippen molar-refractivity contribution in [2.75, 3.05) is 20.2 Å². The van der Waals surface area contributed by atoms with Gasteiger partial charge in [0, 0.05) is 12.6 Å². The number of morpholine rings is 1. The fraction of sp³-hybridized carbons (Fsp3) is 0.429. The van der Waals surface area contributed by atoms with E-state index >= 15 is 0 Å². The van der Waals surface area contributed by atoms with Gasteiger partial charge in [-0.05, 0) is 13.0 Å². The number of carbonyl (C=O) groups is 2. The number of amides is 1. The SMILES string of the molecule is COc1cc(Cl)c(Cl)cc1C(=O)N1CC(C(=O)O)O[C@H](C)C1. The van der Waals surface area contributed by atoms with Gasteiger partial charge in [-0.3, -0.25) is 4.79 Å². The first-order chi connectivity index (χ1) is 10.3. The average molecular weight is 348 g/mol. The smallest absolute Gasteiger partial charge is 0.334 e. The van der Waals surface area contributed by atoms with Gasteiger partial charge in [0.15, 0.2) is 6.10 Å². The van der Waals surface area contributed by atoms with Crippen molar-refractivity contribution < 1.29 is 24.2 Å². The molecule has 1 saturated heterocycles. The normalized spacial score (nSPS) is 21.5. The van der Waals surface area contributed by atoms with Crippen molar-refractivity contribution >= 4 is 35.1 Å². The number of benzene rings is 1. The van der Waals surface area contributed by atoms with E-state index in [2.05, 4.69) is 0 Å². The Kier molecular flexibility index (Phi) is 5.16. The summed E-state index contributed by atoms with van der Waals surface area (Å²) < 4.78 is 10.4. The molecule has 1 fully saturated rings. The first-order valence-electron chi connectivity index (χ1n) is 6.54. The molecule has 1 aromatic rings. The van der Waals surface area contributed by atoms with Gasteiger partial charge in [0.2, 0.25) is 0 Å². The molecule has 8 heteroatoms. The predicted molar refractivity (Wildman–Crippen MR) is 80.9 cm³/mol. The minimum Gasteiger partial charge on any atom is -0.496 e. The molecule has 1 aliphatic rings. The summed E-state index contributed by atoms with van der Waals surface area (Å²) in [5, 5.41) is 9.58. The molecular formula is C14H15Cl2NO5. The monoisotopic (exact) mass is 347 g/mol. The largest absolute Gasteiger partial charge is 0.496 e. The molecule has 0 bridgehead atoms. The molecule has 0 saturated carbocycles. The molecule has 1 heterocycles. The van der Waals surface area contributed by atoms with Crippen LogP contribution in [-0.2, 0) is 9.53 Å². The van der Waals surface area contributed by atoms with Crippen molar-refractivity contribution in [2.45, 2.75) is 19.1 Å². The Hall–Kier alpha value is -1.50. The van der Waals surface area contributed by atoms with Crippen LogP contribution in [0.1, 0.15) is 17.3 Å². The van der Waals surface area contributed by atoms with Crippen LogP contribution in [-0.4, -0.2) is 54.3 Å². The van der Waals surface area contributed by atoms with Gasteiger partial charge in [0.05, 0.1) is 35.4 Å². The van der Waals surface area contributed by atoms with E-state index < -0.39 is 12.1 Å². The number of rotatable bonds is 3. The summed E-state index contributed by atoms with van der Waals surface area (Å²) in [6.07, 6.45) is -1.44. The van der Waals surface area contributed by atoms with E-state index in [1.807, 2.05) is 0 Å². The van der Waals surface area contributed by atoms with Crippen LogP contribution in [0.3, 0.4) is 0 Å². The third kappa shape index (κ3) is 3.45. The van der Waals surface area contributed by atoms with Gasteiger partial charge in [0.1, 0.15) is 5.75 Å². The highest BCUT2D eigenvalue weighted by molar-refractivity contribution is 6.42. The molecule has 2 atom stereocenters. The van der Waals surface area contributed by atoms with Crippen LogP contribution in [0.5, 0.6) is 5.75 Å². The zero-order chi connectivity index (χ0) is 16.4. The number of methoxy groups -OCH3 is 1. The molecule has 2 rings (SSSR count). The number of hydrogen-bond donors (Lipinski definition) is 1. The van der Waals surface area contributed by atoms with Crippen LogP contribution >= 0.6 is 23.2 Å². The first-order valence-corrected chi connectivity index (χ1v) is 7.29. The molecular weight excluding hydrogens is 333 g/mol. The Morgan fingerprint density at radius 3 is 2.55 bits per heavy atom. The van der Waals surface area contributed by atoms with Gasteiger partial charge in [-0.15, -0.1) is 0 Å². The summed E-state index contributed by atoms with van der Waals surface area (Å²) in [5.74, 6) is -1.20. The maximum absolute atomic E-state index is 12.7. The number of hydrogen-bond acceptors (Lipinski definition) is 4. The van der Waals surface area contributed by atoms with Crippen LogP contribution in [0, 0.1) is 0 Å². The molecule has 1 N–H and O–H groups in total. The van der Waals surface area contributed by atoms with E-state index in [4.69, 9.17) is 37.8 Å². The van der Waals surface area contributed by atoms with Crippen LogP contribution in [0.4, 0.5) is 0 Å². The second kappa shape index (κ2) is 6.73. The van der Waals surface area contributed by atoms with E-state index in [1.165, 1.54) is 24.1 Å². The van der Waals surface area contributed by atoms with Gasteiger partial charge in [-0.25, -0.2) is 4.79 Å². The Balaban J connectivity index is 2.31. The number of aliphatic carboxylic acids is 1. The van der Waals surface area contributed by atoms with E-state index in [-0.39, 0.29) is 46.5 Å². The lowest BCUT2D eigenvalue weighted by Gasteiger charge is -2.35. The molecule has 120 valence electrons. The van der Waals surface area contributed by atoms with Crippen molar-refractivity contribution in [3.05, 3.63) is 27.7 Å². The van der Waals surface area contributed by atoms with Gasteiger partial charge in [-0.2, -0.15) is 0 Å². The second-order valence-corrected chi connectivity index (χ2v) is 5.76. The molecule has 1 aliphatic heterocycles. The van der Waals surface area contributed by atoms with E-state index in [1.54, 1.807) is 6.92 Å². The lowest BCUT2D eigenvalue weighted by atomic mass is 10.1. The molecule has 0 aromatic heterocycles. The number of ether oxygens (including phenoxy) is 2. The molecule has 0 aliphatic carbocycles. The zero-order valence-electron chi connectivity index (χ0n) is 12.0. The fourth-order valence-corrected chi connectivity index (χ4v) is 2.61. The Morgan fingerprint density at radius 1 is 1.32 bits per heavy atom. The molecule has 1 aromatic carbocycles. The Labute approximate surface area is 137 Å². The summed E-state index contributed by atoms with van der Waals surface area (Å²) in [6.45, 7) is 1.95. The van der Waals surface area contributed by atoms with Crippen LogP contribution in [0.25, 0.3) is 0 Å². The second-order valence-electron chi connectivity index (χ2n) is 4.95. The topological polar surface area (TPSA) is 76.1 Å². The molecule has 22 heavy (non-hydrogen) atoms. The van der Waals surface area contributed by atoms with Crippen molar-refractivity contribution in [3.63, 3.8) is 0 Å². The van der Waals surface area contributed by atoms with Crippen molar-refractivity contribution in [3.8, 4) is 5.75 Å². The Bertz CT molecular complexity index is 607. The molecule has 0 spiro atoms. The van der Waals surface area contributed by atoms with Gasteiger partial charge in [-0.1, -0.05) is 23.2 Å². The number of carboxylic acid groups (broad SMARTS) is 1. The summed E-state index contributed by atoms with van der Waals surface area (Å²) in [7, 11) is 1.42. The molecule has 6 nitrogen and oxygen atoms in total. The predicted octanol–water partition coefficient (Wildman–Crippen LogP) is 2.32. The maximum atomic E-state index is 12.7. The summed E-state index contributed by atoms with van der Waals surface area (Å²) in [6, 6.07) is 2.87. The highest BCUT2D eigenvalue weighted by Crippen LogP contribution is 2.31. The molecule has 0 radical (unpaired) electrons. The van der Waals surface area contributed by atoms with Crippen LogP contribution in [0.2, 0.25) is 10.0 Å². The fourth-order valence-electron chi connectivity index (χ4n) is 2.29.